The molecule has 0 atom stereocenters. The smallest absolute Gasteiger partial charge is 0.122 e. The predicted octanol–water partition coefficient (Wildman–Crippen LogP) is 4.87. The lowest BCUT2D eigenvalue weighted by Gasteiger charge is -2.35. The summed E-state index contributed by atoms with van der Waals surface area (Å²) >= 11 is 0. The van der Waals surface area contributed by atoms with Crippen molar-refractivity contribution in [3.8, 4) is 11.5 Å². The largest absolute Gasteiger partial charge is 0.497 e. The summed E-state index contributed by atoms with van der Waals surface area (Å²) in [5, 5.41) is 0. The van der Waals surface area contributed by atoms with Crippen LogP contribution in [-0.4, -0.2) is 14.2 Å². The van der Waals surface area contributed by atoms with Gasteiger partial charge in [0.25, 0.3) is 0 Å². The Morgan fingerprint density at radius 1 is 1.00 bits per heavy atom. The van der Waals surface area contributed by atoms with E-state index in [4.69, 9.17) is 9.47 Å². The Morgan fingerprint density at radius 2 is 1.60 bits per heavy atom. The summed E-state index contributed by atoms with van der Waals surface area (Å²) < 4.78 is 10.9. The van der Waals surface area contributed by atoms with Crippen molar-refractivity contribution in [2.24, 2.45) is 0 Å². The Hall–Kier alpha value is -1.44. The van der Waals surface area contributed by atoms with Crippen molar-refractivity contribution in [1.82, 2.24) is 0 Å². The molecule has 1 aromatic rings. The molecule has 1 aliphatic carbocycles. The molecule has 1 fully saturated rings. The molecular formula is C18H26O2. The van der Waals surface area contributed by atoms with E-state index in [9.17, 15) is 0 Å². The molecule has 0 spiro atoms. The maximum atomic E-state index is 5.43. The van der Waals surface area contributed by atoms with Crippen LogP contribution in [0.5, 0.6) is 11.5 Å². The second-order valence-corrected chi connectivity index (χ2v) is 5.63. The highest BCUT2D eigenvalue weighted by Crippen LogP contribution is 2.43. The molecule has 0 bridgehead atoms. The first-order valence-corrected chi connectivity index (χ1v) is 7.65. The van der Waals surface area contributed by atoms with Crippen LogP contribution < -0.4 is 9.47 Å². The molecule has 0 aliphatic heterocycles. The number of hydrogen-bond acceptors (Lipinski definition) is 2. The second-order valence-electron chi connectivity index (χ2n) is 5.63. The minimum Gasteiger partial charge on any atom is -0.497 e. The van der Waals surface area contributed by atoms with Crippen molar-refractivity contribution in [3.05, 3.63) is 35.9 Å². The van der Waals surface area contributed by atoms with E-state index in [0.29, 0.717) is 0 Å². The molecule has 2 nitrogen and oxygen atoms in total. The molecule has 0 unspecified atom stereocenters. The van der Waals surface area contributed by atoms with Crippen LogP contribution in [0.25, 0.3) is 0 Å². The molecule has 0 radical (unpaired) electrons. The Morgan fingerprint density at radius 3 is 2.10 bits per heavy atom. The molecule has 0 amide bonds. The molecule has 110 valence electrons. The number of ether oxygens (including phenoxy) is 2. The van der Waals surface area contributed by atoms with Crippen molar-refractivity contribution in [2.75, 3.05) is 14.2 Å². The standard InChI is InChI=1S/C18H26O2/c1-4-5-9-18(10-7-6-8-11-18)15-12-16(19-2)14-17(13-15)20-3/h5,9,12-14H,4,6-8,10-11H2,1-3H3/b9-5-. The quantitative estimate of drug-likeness (QED) is 0.713. The number of rotatable bonds is 5. The lowest BCUT2D eigenvalue weighted by atomic mass is 9.69. The zero-order valence-electron chi connectivity index (χ0n) is 12.9. The molecular weight excluding hydrogens is 248 g/mol. The summed E-state index contributed by atoms with van der Waals surface area (Å²) in [6, 6.07) is 6.30. The highest BCUT2D eigenvalue weighted by molar-refractivity contribution is 5.44. The summed E-state index contributed by atoms with van der Waals surface area (Å²) in [4.78, 5) is 0. The van der Waals surface area contributed by atoms with Gasteiger partial charge >= 0.3 is 0 Å². The molecule has 1 aliphatic rings. The Bertz CT molecular complexity index is 434. The van der Waals surface area contributed by atoms with Gasteiger partial charge < -0.3 is 9.47 Å². The summed E-state index contributed by atoms with van der Waals surface area (Å²) in [7, 11) is 3.43. The first kappa shape index (κ1) is 15.0. The predicted molar refractivity (Wildman–Crippen MR) is 83.7 cm³/mol. The number of methoxy groups -OCH3 is 2. The first-order chi connectivity index (χ1) is 9.74. The average molecular weight is 274 g/mol. The van der Waals surface area contributed by atoms with E-state index < -0.39 is 0 Å². The van der Waals surface area contributed by atoms with Crippen molar-refractivity contribution in [1.29, 1.82) is 0 Å². The van der Waals surface area contributed by atoms with Crippen molar-refractivity contribution in [3.63, 3.8) is 0 Å². The van der Waals surface area contributed by atoms with Crippen LogP contribution in [0, 0.1) is 0 Å². The van der Waals surface area contributed by atoms with Crippen molar-refractivity contribution in [2.45, 2.75) is 50.9 Å². The number of benzene rings is 1. The van der Waals surface area contributed by atoms with Gasteiger partial charge in [-0.25, -0.2) is 0 Å². The van der Waals surface area contributed by atoms with Crippen molar-refractivity contribution < 1.29 is 9.47 Å². The molecule has 0 aromatic heterocycles. The maximum absolute atomic E-state index is 5.43. The Labute approximate surface area is 122 Å². The average Bonchev–Trinajstić information content (AvgIpc) is 2.53. The molecule has 0 heterocycles. The topological polar surface area (TPSA) is 18.5 Å². The maximum Gasteiger partial charge on any atom is 0.122 e. The van der Waals surface area contributed by atoms with Gasteiger partial charge in [-0.1, -0.05) is 38.3 Å². The normalized spacial score (nSPS) is 18.1. The zero-order valence-corrected chi connectivity index (χ0v) is 12.9. The van der Waals surface area contributed by atoms with E-state index in [1.54, 1.807) is 14.2 Å². The van der Waals surface area contributed by atoms with Gasteiger partial charge in [0.1, 0.15) is 11.5 Å². The Kier molecular flexibility index (Phi) is 5.11. The SMILES string of the molecule is CC/C=C\C1(c2cc(OC)cc(OC)c2)CCCCC1. The molecule has 1 saturated carbocycles. The summed E-state index contributed by atoms with van der Waals surface area (Å²) in [6.07, 6.45) is 12.2. The fraction of sp³-hybridized carbons (Fsp3) is 0.556. The van der Waals surface area contributed by atoms with Gasteiger partial charge in [0.15, 0.2) is 0 Å². The van der Waals surface area contributed by atoms with Crippen molar-refractivity contribution >= 4 is 0 Å². The minimum atomic E-state index is 0.163. The van der Waals surface area contributed by atoms with Gasteiger partial charge in [-0.15, -0.1) is 0 Å². The molecule has 1 aromatic carbocycles. The summed E-state index contributed by atoms with van der Waals surface area (Å²) in [6.45, 7) is 2.19. The van der Waals surface area contributed by atoms with Crippen LogP contribution >= 0.6 is 0 Å². The van der Waals surface area contributed by atoms with E-state index in [2.05, 4.69) is 31.2 Å². The van der Waals surface area contributed by atoms with E-state index in [1.807, 2.05) is 6.07 Å². The van der Waals surface area contributed by atoms with Gasteiger partial charge in [-0.3, -0.25) is 0 Å². The van der Waals surface area contributed by atoms with E-state index >= 15 is 0 Å². The molecule has 0 saturated heterocycles. The first-order valence-electron chi connectivity index (χ1n) is 7.65. The molecule has 20 heavy (non-hydrogen) atoms. The van der Waals surface area contributed by atoms with Crippen LogP contribution in [-0.2, 0) is 5.41 Å². The highest BCUT2D eigenvalue weighted by atomic mass is 16.5. The molecule has 2 rings (SSSR count). The van der Waals surface area contributed by atoms with Crippen LogP contribution in [0.1, 0.15) is 51.0 Å². The molecule has 0 N–H and O–H groups in total. The lowest BCUT2D eigenvalue weighted by Crippen LogP contribution is -2.26. The third-order valence-electron chi connectivity index (χ3n) is 4.34. The second kappa shape index (κ2) is 6.83. The zero-order chi connectivity index (χ0) is 14.4. The van der Waals surface area contributed by atoms with Gasteiger partial charge in [0, 0.05) is 11.5 Å². The third-order valence-corrected chi connectivity index (χ3v) is 4.34. The Balaban J connectivity index is 2.44. The number of allylic oxidation sites excluding steroid dienone is 2. The fourth-order valence-corrected chi connectivity index (χ4v) is 3.17. The van der Waals surface area contributed by atoms with E-state index in [1.165, 1.54) is 37.7 Å². The summed E-state index contributed by atoms with van der Waals surface area (Å²) in [5.74, 6) is 1.77. The van der Waals surface area contributed by atoms with E-state index in [0.717, 1.165) is 17.9 Å². The van der Waals surface area contributed by atoms with Gasteiger partial charge in [-0.05, 0) is 37.0 Å². The third kappa shape index (κ3) is 3.17. The van der Waals surface area contributed by atoms with Crippen LogP contribution in [0.15, 0.2) is 30.4 Å². The van der Waals surface area contributed by atoms with E-state index in [-0.39, 0.29) is 5.41 Å². The van der Waals surface area contributed by atoms with Crippen LogP contribution in [0.2, 0.25) is 0 Å². The highest BCUT2D eigenvalue weighted by Gasteiger charge is 2.32. The fourth-order valence-electron chi connectivity index (χ4n) is 3.17. The lowest BCUT2D eigenvalue weighted by molar-refractivity contribution is 0.349. The van der Waals surface area contributed by atoms with Crippen LogP contribution in [0.3, 0.4) is 0 Å². The number of hydrogen-bond donors (Lipinski definition) is 0. The van der Waals surface area contributed by atoms with Crippen LogP contribution in [0.4, 0.5) is 0 Å². The van der Waals surface area contributed by atoms with Gasteiger partial charge in [-0.2, -0.15) is 0 Å². The van der Waals surface area contributed by atoms with Gasteiger partial charge in [0.2, 0.25) is 0 Å². The van der Waals surface area contributed by atoms with Gasteiger partial charge in [0.05, 0.1) is 14.2 Å². The molecule has 2 heteroatoms. The summed E-state index contributed by atoms with van der Waals surface area (Å²) in [5.41, 5.74) is 1.49. The minimum absolute atomic E-state index is 0.163. The monoisotopic (exact) mass is 274 g/mol.